The summed E-state index contributed by atoms with van der Waals surface area (Å²) in [6.07, 6.45) is 1.86. The number of aromatic nitrogens is 1. The summed E-state index contributed by atoms with van der Waals surface area (Å²) >= 11 is 3.47. The van der Waals surface area contributed by atoms with Crippen LogP contribution in [-0.2, 0) is 6.54 Å². The molecule has 0 bridgehead atoms. The molecule has 0 spiro atoms. The number of rotatable bonds is 5. The molecule has 0 aliphatic rings. The van der Waals surface area contributed by atoms with Gasteiger partial charge in [-0.05, 0) is 49.8 Å². The van der Waals surface area contributed by atoms with E-state index >= 15 is 0 Å². The fraction of sp³-hybridized carbons (Fsp3) is 0.583. The number of hydrogen-bond donors (Lipinski definition) is 1. The van der Waals surface area contributed by atoms with E-state index in [1.807, 2.05) is 13.2 Å². The maximum absolute atomic E-state index is 4.53. The van der Waals surface area contributed by atoms with E-state index in [0.29, 0.717) is 6.04 Å². The highest BCUT2D eigenvalue weighted by molar-refractivity contribution is 9.10. The molecule has 1 aromatic heterocycles. The van der Waals surface area contributed by atoms with E-state index in [9.17, 15) is 0 Å². The van der Waals surface area contributed by atoms with E-state index in [1.165, 1.54) is 5.56 Å². The van der Waals surface area contributed by atoms with Gasteiger partial charge in [0.05, 0.1) is 0 Å². The topological polar surface area (TPSA) is 28.2 Å². The normalized spacial score (nSPS) is 10.9. The van der Waals surface area contributed by atoms with Crippen molar-refractivity contribution in [3.63, 3.8) is 0 Å². The molecule has 0 aliphatic carbocycles. The highest BCUT2D eigenvalue weighted by Gasteiger charge is 2.14. The Balaban J connectivity index is 3.09. The SMILES string of the molecule is CCN(c1ncc(Br)cc1CNC)C(C)C. The first-order valence-electron chi connectivity index (χ1n) is 5.65. The summed E-state index contributed by atoms with van der Waals surface area (Å²) in [6, 6.07) is 2.60. The molecule has 1 rings (SSSR count). The molecule has 1 heterocycles. The van der Waals surface area contributed by atoms with Crippen molar-refractivity contribution in [2.75, 3.05) is 18.5 Å². The molecule has 0 atom stereocenters. The molecule has 0 fully saturated rings. The first-order valence-corrected chi connectivity index (χ1v) is 6.45. The third-order valence-corrected chi connectivity index (χ3v) is 2.95. The van der Waals surface area contributed by atoms with Crippen LogP contribution in [0.15, 0.2) is 16.7 Å². The molecule has 4 heteroatoms. The van der Waals surface area contributed by atoms with Gasteiger partial charge in [-0.1, -0.05) is 0 Å². The summed E-state index contributed by atoms with van der Waals surface area (Å²) in [5.74, 6) is 1.08. The van der Waals surface area contributed by atoms with Crippen LogP contribution >= 0.6 is 15.9 Å². The second-order valence-corrected chi connectivity index (χ2v) is 4.96. The number of hydrogen-bond acceptors (Lipinski definition) is 3. The van der Waals surface area contributed by atoms with Crippen LogP contribution in [0, 0.1) is 0 Å². The molecule has 90 valence electrons. The largest absolute Gasteiger partial charge is 0.354 e. The lowest BCUT2D eigenvalue weighted by atomic mass is 10.2. The molecule has 0 amide bonds. The van der Waals surface area contributed by atoms with Crippen molar-refractivity contribution in [1.29, 1.82) is 0 Å². The van der Waals surface area contributed by atoms with Crippen molar-refractivity contribution >= 4 is 21.7 Å². The lowest BCUT2D eigenvalue weighted by Crippen LogP contribution is -2.32. The van der Waals surface area contributed by atoms with Crippen molar-refractivity contribution < 1.29 is 0 Å². The van der Waals surface area contributed by atoms with E-state index in [1.54, 1.807) is 0 Å². The second-order valence-electron chi connectivity index (χ2n) is 4.05. The highest BCUT2D eigenvalue weighted by atomic mass is 79.9. The van der Waals surface area contributed by atoms with Crippen LogP contribution in [0.5, 0.6) is 0 Å². The Labute approximate surface area is 106 Å². The van der Waals surface area contributed by atoms with Gasteiger partial charge in [0.1, 0.15) is 5.82 Å². The Hall–Kier alpha value is -0.610. The number of anilines is 1. The predicted molar refractivity (Wildman–Crippen MR) is 72.9 cm³/mol. The van der Waals surface area contributed by atoms with Crippen molar-refractivity contribution in [2.45, 2.75) is 33.4 Å². The first kappa shape index (κ1) is 13.5. The monoisotopic (exact) mass is 285 g/mol. The van der Waals surface area contributed by atoms with Gasteiger partial charge in [0.2, 0.25) is 0 Å². The molecule has 0 radical (unpaired) electrons. The Bertz CT molecular complexity index is 339. The molecule has 0 aromatic carbocycles. The number of nitrogens with one attached hydrogen (secondary N) is 1. The third-order valence-electron chi connectivity index (χ3n) is 2.51. The summed E-state index contributed by atoms with van der Waals surface area (Å²) in [5.41, 5.74) is 1.23. The molecule has 0 saturated heterocycles. The Morgan fingerprint density at radius 3 is 2.69 bits per heavy atom. The quantitative estimate of drug-likeness (QED) is 0.902. The molecule has 1 N–H and O–H groups in total. The lowest BCUT2D eigenvalue weighted by molar-refractivity contribution is 0.682. The number of halogens is 1. The number of nitrogens with zero attached hydrogens (tertiary/aromatic N) is 2. The average molecular weight is 286 g/mol. The van der Waals surface area contributed by atoms with Crippen LogP contribution in [-0.4, -0.2) is 24.6 Å². The number of pyridine rings is 1. The maximum Gasteiger partial charge on any atom is 0.133 e. The summed E-state index contributed by atoms with van der Waals surface area (Å²) in [7, 11) is 1.95. The molecular weight excluding hydrogens is 266 g/mol. The zero-order chi connectivity index (χ0) is 12.1. The molecule has 0 unspecified atom stereocenters. The average Bonchev–Trinajstić information content (AvgIpc) is 2.22. The minimum Gasteiger partial charge on any atom is -0.354 e. The Kier molecular flexibility index (Phi) is 5.22. The van der Waals surface area contributed by atoms with Gasteiger partial charge in [0.15, 0.2) is 0 Å². The minimum atomic E-state index is 0.467. The van der Waals surface area contributed by atoms with Crippen LogP contribution in [0.3, 0.4) is 0 Å². The van der Waals surface area contributed by atoms with Gasteiger partial charge >= 0.3 is 0 Å². The van der Waals surface area contributed by atoms with Crippen LogP contribution in [0.1, 0.15) is 26.3 Å². The van der Waals surface area contributed by atoms with Gasteiger partial charge in [-0.25, -0.2) is 4.98 Å². The first-order chi connectivity index (χ1) is 7.60. The smallest absolute Gasteiger partial charge is 0.133 e. The lowest BCUT2D eigenvalue weighted by Gasteiger charge is -2.28. The fourth-order valence-electron chi connectivity index (χ4n) is 1.81. The molecule has 16 heavy (non-hydrogen) atoms. The van der Waals surface area contributed by atoms with E-state index in [4.69, 9.17) is 0 Å². The van der Waals surface area contributed by atoms with Gasteiger partial charge < -0.3 is 10.2 Å². The standard InChI is InChI=1S/C12H20BrN3/c1-5-16(9(2)3)12-10(7-14-4)6-11(13)8-15-12/h6,8-9,14H,5,7H2,1-4H3. The van der Waals surface area contributed by atoms with Gasteiger partial charge in [-0.3, -0.25) is 0 Å². The van der Waals surface area contributed by atoms with Gasteiger partial charge in [-0.15, -0.1) is 0 Å². The second kappa shape index (κ2) is 6.21. The summed E-state index contributed by atoms with van der Waals surface area (Å²) in [4.78, 5) is 6.83. The van der Waals surface area contributed by atoms with Crippen LogP contribution < -0.4 is 10.2 Å². The maximum atomic E-state index is 4.53. The Morgan fingerprint density at radius 2 is 2.19 bits per heavy atom. The van der Waals surface area contributed by atoms with Crippen molar-refractivity contribution in [3.8, 4) is 0 Å². The van der Waals surface area contributed by atoms with E-state index in [-0.39, 0.29) is 0 Å². The molecule has 3 nitrogen and oxygen atoms in total. The third kappa shape index (κ3) is 3.19. The van der Waals surface area contributed by atoms with Crippen LogP contribution in [0.25, 0.3) is 0 Å². The highest BCUT2D eigenvalue weighted by Crippen LogP contribution is 2.23. The predicted octanol–water partition coefficient (Wildman–Crippen LogP) is 2.80. The zero-order valence-corrected chi connectivity index (χ0v) is 12.0. The van der Waals surface area contributed by atoms with E-state index < -0.39 is 0 Å². The van der Waals surface area contributed by atoms with E-state index in [0.717, 1.165) is 23.4 Å². The zero-order valence-electron chi connectivity index (χ0n) is 10.4. The fourth-order valence-corrected chi connectivity index (χ4v) is 2.19. The van der Waals surface area contributed by atoms with Crippen LogP contribution in [0.4, 0.5) is 5.82 Å². The molecule has 0 aliphatic heterocycles. The van der Waals surface area contributed by atoms with Crippen molar-refractivity contribution in [2.24, 2.45) is 0 Å². The summed E-state index contributed by atoms with van der Waals surface area (Å²) in [6.45, 7) is 8.35. The van der Waals surface area contributed by atoms with Gasteiger partial charge in [0, 0.05) is 35.4 Å². The molecule has 0 saturated carbocycles. The van der Waals surface area contributed by atoms with Gasteiger partial charge in [-0.2, -0.15) is 0 Å². The van der Waals surface area contributed by atoms with Crippen molar-refractivity contribution in [3.05, 3.63) is 22.3 Å². The molecule has 1 aromatic rings. The summed E-state index contributed by atoms with van der Waals surface area (Å²) < 4.78 is 1.03. The van der Waals surface area contributed by atoms with Crippen LogP contribution in [0.2, 0.25) is 0 Å². The summed E-state index contributed by atoms with van der Waals surface area (Å²) in [5, 5.41) is 3.18. The molecular formula is C12H20BrN3. The minimum absolute atomic E-state index is 0.467. The van der Waals surface area contributed by atoms with Crippen molar-refractivity contribution in [1.82, 2.24) is 10.3 Å². The Morgan fingerprint density at radius 1 is 1.50 bits per heavy atom. The van der Waals surface area contributed by atoms with Gasteiger partial charge in [0.25, 0.3) is 0 Å². The van der Waals surface area contributed by atoms with E-state index in [2.05, 4.69) is 58.0 Å².